The summed E-state index contributed by atoms with van der Waals surface area (Å²) in [4.78, 5) is 0.317. The summed E-state index contributed by atoms with van der Waals surface area (Å²) in [5.41, 5.74) is 0.677. The van der Waals surface area contributed by atoms with E-state index in [9.17, 15) is 8.42 Å². The zero-order valence-electron chi connectivity index (χ0n) is 13.0. The molecule has 5 heteroatoms. The van der Waals surface area contributed by atoms with E-state index in [1.807, 2.05) is 46.9 Å². The molecule has 20 heavy (non-hydrogen) atoms. The minimum absolute atomic E-state index is 0.205. The van der Waals surface area contributed by atoms with Crippen molar-refractivity contribution < 1.29 is 8.42 Å². The number of benzene rings is 1. The van der Waals surface area contributed by atoms with E-state index in [2.05, 4.69) is 10.0 Å². The van der Waals surface area contributed by atoms with Crippen molar-refractivity contribution in [3.8, 4) is 0 Å². The molecule has 0 spiro atoms. The maximum Gasteiger partial charge on any atom is 0.241 e. The molecule has 0 amide bonds. The second kappa shape index (κ2) is 6.70. The summed E-state index contributed by atoms with van der Waals surface area (Å²) in [5, 5.41) is 3.13. The fourth-order valence-electron chi connectivity index (χ4n) is 1.88. The van der Waals surface area contributed by atoms with Crippen molar-refractivity contribution in [3.05, 3.63) is 29.8 Å². The Morgan fingerprint density at radius 3 is 2.05 bits per heavy atom. The largest absolute Gasteiger partial charge is 0.313 e. The van der Waals surface area contributed by atoms with Crippen molar-refractivity contribution in [2.24, 2.45) is 0 Å². The SMILES string of the molecule is CCC(C)(CC)NS(=O)(=O)c1ccc(C(C)NC)cc1. The van der Waals surface area contributed by atoms with Gasteiger partial charge in [-0.1, -0.05) is 26.0 Å². The topological polar surface area (TPSA) is 58.2 Å². The summed E-state index contributed by atoms with van der Waals surface area (Å²) in [6, 6.07) is 7.24. The minimum Gasteiger partial charge on any atom is -0.313 e. The summed E-state index contributed by atoms with van der Waals surface area (Å²) in [6.45, 7) is 7.95. The molecule has 0 bridgehead atoms. The van der Waals surface area contributed by atoms with Crippen LogP contribution in [0.4, 0.5) is 0 Å². The van der Waals surface area contributed by atoms with Gasteiger partial charge in [-0.25, -0.2) is 13.1 Å². The van der Waals surface area contributed by atoms with Gasteiger partial charge in [-0.15, -0.1) is 0 Å². The van der Waals surface area contributed by atoms with Gasteiger partial charge in [0, 0.05) is 11.6 Å². The van der Waals surface area contributed by atoms with E-state index in [1.165, 1.54) is 0 Å². The fourth-order valence-corrected chi connectivity index (χ4v) is 3.43. The van der Waals surface area contributed by atoms with E-state index in [-0.39, 0.29) is 6.04 Å². The molecule has 0 aromatic heterocycles. The van der Waals surface area contributed by atoms with Crippen molar-refractivity contribution in [1.29, 1.82) is 0 Å². The predicted octanol–water partition coefficient (Wildman–Crippen LogP) is 2.82. The van der Waals surface area contributed by atoms with Crippen LogP contribution in [0.15, 0.2) is 29.2 Å². The molecule has 0 radical (unpaired) electrons. The highest BCUT2D eigenvalue weighted by atomic mass is 32.2. The lowest BCUT2D eigenvalue weighted by Gasteiger charge is -2.27. The fraction of sp³-hybridized carbons (Fsp3) is 0.600. The van der Waals surface area contributed by atoms with Gasteiger partial charge >= 0.3 is 0 Å². The second-order valence-corrected chi connectivity index (χ2v) is 7.14. The Morgan fingerprint density at radius 1 is 1.15 bits per heavy atom. The highest BCUT2D eigenvalue weighted by Gasteiger charge is 2.27. The summed E-state index contributed by atoms with van der Waals surface area (Å²) < 4.78 is 27.6. The first-order valence-electron chi connectivity index (χ1n) is 7.09. The number of rotatable bonds is 7. The van der Waals surface area contributed by atoms with Gasteiger partial charge in [-0.3, -0.25) is 0 Å². The van der Waals surface area contributed by atoms with Crippen LogP contribution in [0.25, 0.3) is 0 Å². The van der Waals surface area contributed by atoms with Gasteiger partial charge in [0.05, 0.1) is 4.90 Å². The van der Waals surface area contributed by atoms with Crippen LogP contribution >= 0.6 is 0 Å². The molecular weight excluding hydrogens is 272 g/mol. The molecule has 114 valence electrons. The Kier molecular flexibility index (Phi) is 5.74. The van der Waals surface area contributed by atoms with Gasteiger partial charge in [0.1, 0.15) is 0 Å². The molecule has 0 heterocycles. The molecule has 1 aromatic rings. The maximum atomic E-state index is 12.4. The Hall–Kier alpha value is -0.910. The lowest BCUT2D eigenvalue weighted by atomic mass is 9.98. The Balaban J connectivity index is 2.99. The van der Waals surface area contributed by atoms with Crippen molar-refractivity contribution in [2.75, 3.05) is 7.05 Å². The molecule has 0 fully saturated rings. The minimum atomic E-state index is -3.46. The van der Waals surface area contributed by atoms with Crippen LogP contribution in [-0.4, -0.2) is 21.0 Å². The van der Waals surface area contributed by atoms with Crippen LogP contribution in [0, 0.1) is 0 Å². The van der Waals surface area contributed by atoms with Crippen molar-refractivity contribution >= 4 is 10.0 Å². The van der Waals surface area contributed by atoms with Gasteiger partial charge in [0.25, 0.3) is 0 Å². The molecule has 0 aliphatic rings. The Morgan fingerprint density at radius 2 is 1.65 bits per heavy atom. The highest BCUT2D eigenvalue weighted by molar-refractivity contribution is 7.89. The predicted molar refractivity (Wildman–Crippen MR) is 83.2 cm³/mol. The third kappa shape index (κ3) is 4.04. The van der Waals surface area contributed by atoms with Crippen LogP contribution in [0.3, 0.4) is 0 Å². The Bertz CT molecular complexity index is 519. The molecular formula is C15H26N2O2S. The van der Waals surface area contributed by atoms with Gasteiger partial charge < -0.3 is 5.32 Å². The van der Waals surface area contributed by atoms with Gasteiger partial charge in [0.15, 0.2) is 0 Å². The monoisotopic (exact) mass is 298 g/mol. The lowest BCUT2D eigenvalue weighted by molar-refractivity contribution is 0.388. The average Bonchev–Trinajstić information content (AvgIpc) is 2.46. The van der Waals surface area contributed by atoms with Crippen molar-refractivity contribution in [3.63, 3.8) is 0 Å². The standard InChI is InChI=1S/C15H26N2O2S/c1-6-15(4,7-2)17-20(18,19)14-10-8-13(9-11-14)12(3)16-5/h8-12,16-17H,6-7H2,1-5H3. The molecule has 1 unspecified atom stereocenters. The summed E-state index contributed by atoms with van der Waals surface area (Å²) in [7, 11) is -1.58. The molecule has 1 atom stereocenters. The molecule has 2 N–H and O–H groups in total. The zero-order chi connectivity index (χ0) is 15.4. The summed E-state index contributed by atoms with van der Waals surface area (Å²) in [6.07, 6.45) is 1.52. The first-order valence-corrected chi connectivity index (χ1v) is 8.57. The lowest BCUT2D eigenvalue weighted by Crippen LogP contribution is -2.44. The van der Waals surface area contributed by atoms with E-state index in [1.54, 1.807) is 12.1 Å². The van der Waals surface area contributed by atoms with E-state index < -0.39 is 15.6 Å². The molecule has 1 aromatic carbocycles. The molecule has 0 aliphatic heterocycles. The molecule has 0 aliphatic carbocycles. The van der Waals surface area contributed by atoms with Crippen molar-refractivity contribution in [1.82, 2.24) is 10.0 Å². The van der Waals surface area contributed by atoms with Crippen LogP contribution < -0.4 is 10.0 Å². The number of nitrogens with one attached hydrogen (secondary N) is 2. The van der Waals surface area contributed by atoms with Gasteiger partial charge in [-0.05, 0) is 51.4 Å². The molecule has 0 saturated heterocycles. The van der Waals surface area contributed by atoms with Crippen LogP contribution in [-0.2, 0) is 10.0 Å². The normalized spacial score (nSPS) is 14.2. The van der Waals surface area contributed by atoms with Crippen LogP contribution in [0.2, 0.25) is 0 Å². The molecule has 0 saturated carbocycles. The number of sulfonamides is 1. The average molecular weight is 298 g/mol. The molecule has 1 rings (SSSR count). The number of hydrogen-bond acceptors (Lipinski definition) is 3. The molecule has 4 nitrogen and oxygen atoms in total. The van der Waals surface area contributed by atoms with Crippen molar-refractivity contribution in [2.45, 2.75) is 57.0 Å². The Labute approximate surface area is 123 Å². The zero-order valence-corrected chi connectivity index (χ0v) is 13.8. The summed E-state index contributed by atoms with van der Waals surface area (Å²) in [5.74, 6) is 0. The smallest absolute Gasteiger partial charge is 0.241 e. The maximum absolute atomic E-state index is 12.4. The van der Waals surface area contributed by atoms with Gasteiger partial charge in [-0.2, -0.15) is 0 Å². The van der Waals surface area contributed by atoms with E-state index in [4.69, 9.17) is 0 Å². The van der Waals surface area contributed by atoms with Crippen LogP contribution in [0.5, 0.6) is 0 Å². The van der Waals surface area contributed by atoms with E-state index in [0.717, 1.165) is 18.4 Å². The van der Waals surface area contributed by atoms with Crippen LogP contribution in [0.1, 0.15) is 52.1 Å². The quantitative estimate of drug-likeness (QED) is 0.814. The van der Waals surface area contributed by atoms with E-state index in [0.29, 0.717) is 4.90 Å². The van der Waals surface area contributed by atoms with E-state index >= 15 is 0 Å². The first kappa shape index (κ1) is 17.1. The summed E-state index contributed by atoms with van der Waals surface area (Å²) >= 11 is 0. The van der Waals surface area contributed by atoms with Gasteiger partial charge in [0.2, 0.25) is 10.0 Å². The second-order valence-electron chi connectivity index (χ2n) is 5.45. The third-order valence-corrected chi connectivity index (χ3v) is 5.72. The first-order chi connectivity index (χ1) is 9.28. The third-order valence-electron chi connectivity index (χ3n) is 4.06. The highest BCUT2D eigenvalue weighted by Crippen LogP contribution is 2.20. The number of hydrogen-bond donors (Lipinski definition) is 2.